The van der Waals surface area contributed by atoms with Gasteiger partial charge in [0.05, 0.1) is 9.79 Å². The highest BCUT2D eigenvalue weighted by molar-refractivity contribution is 7.99. The van der Waals surface area contributed by atoms with Crippen LogP contribution in [-0.4, -0.2) is 0 Å². The Morgan fingerprint density at radius 2 is 1.79 bits per heavy atom. The fourth-order valence-corrected chi connectivity index (χ4v) is 3.61. The van der Waals surface area contributed by atoms with Gasteiger partial charge in [-0.15, -0.1) is 0 Å². The van der Waals surface area contributed by atoms with Gasteiger partial charge in [0.1, 0.15) is 17.3 Å². The van der Waals surface area contributed by atoms with Crippen molar-refractivity contribution in [2.24, 2.45) is 0 Å². The second-order valence-electron chi connectivity index (χ2n) is 5.69. The third-order valence-corrected chi connectivity index (χ3v) is 5.21. The van der Waals surface area contributed by atoms with Crippen LogP contribution in [0.1, 0.15) is 11.1 Å². The van der Waals surface area contributed by atoms with Crippen LogP contribution in [0.15, 0.2) is 70.5 Å². The average molecular weight is 337 g/mol. The van der Waals surface area contributed by atoms with E-state index in [4.69, 9.17) is 4.74 Å². The first kappa shape index (κ1) is 15.1. The molecule has 1 N–H and O–H groups in total. The third-order valence-electron chi connectivity index (χ3n) is 4.10. The summed E-state index contributed by atoms with van der Waals surface area (Å²) in [4.78, 5) is 2.22. The first-order chi connectivity index (χ1) is 11.7. The Balaban J connectivity index is 1.53. The molecule has 1 heterocycles. The number of para-hydroxylation sites is 1. The van der Waals surface area contributed by atoms with Gasteiger partial charge in [-0.1, -0.05) is 36.0 Å². The first-order valence-corrected chi connectivity index (χ1v) is 8.59. The predicted octanol–water partition coefficient (Wildman–Crippen LogP) is 6.00. The minimum atomic E-state index is -0.170. The molecule has 24 heavy (non-hydrogen) atoms. The van der Waals surface area contributed by atoms with E-state index in [1.54, 1.807) is 24.8 Å². The van der Waals surface area contributed by atoms with Gasteiger partial charge in [0.15, 0.2) is 0 Å². The molecule has 1 aliphatic rings. The van der Waals surface area contributed by atoms with Crippen LogP contribution in [0.3, 0.4) is 0 Å². The molecular formula is C20H16FNOS. The van der Waals surface area contributed by atoms with E-state index in [0.29, 0.717) is 12.1 Å². The monoisotopic (exact) mass is 337 g/mol. The average Bonchev–Trinajstić information content (AvgIpc) is 2.61. The third kappa shape index (κ3) is 2.85. The Bertz CT molecular complexity index is 910. The highest BCUT2D eigenvalue weighted by Gasteiger charge is 2.17. The molecular weight excluding hydrogens is 321 g/mol. The van der Waals surface area contributed by atoms with Crippen molar-refractivity contribution in [1.82, 2.24) is 0 Å². The van der Waals surface area contributed by atoms with E-state index >= 15 is 0 Å². The van der Waals surface area contributed by atoms with Crippen molar-refractivity contribution in [1.29, 1.82) is 0 Å². The molecule has 3 aromatic rings. The van der Waals surface area contributed by atoms with Crippen molar-refractivity contribution in [3.8, 4) is 11.5 Å². The van der Waals surface area contributed by atoms with Crippen LogP contribution in [-0.2, 0) is 6.54 Å². The fraction of sp³-hybridized carbons (Fsp3) is 0.100. The summed E-state index contributed by atoms with van der Waals surface area (Å²) in [7, 11) is 0. The lowest BCUT2D eigenvalue weighted by atomic mass is 10.1. The van der Waals surface area contributed by atoms with E-state index in [-0.39, 0.29) is 5.82 Å². The van der Waals surface area contributed by atoms with Gasteiger partial charge in [0, 0.05) is 18.3 Å². The summed E-state index contributed by atoms with van der Waals surface area (Å²) in [6.07, 6.45) is 0. The Kier molecular flexibility index (Phi) is 3.90. The molecule has 0 bridgehead atoms. The molecule has 0 spiro atoms. The molecule has 2 nitrogen and oxygen atoms in total. The topological polar surface area (TPSA) is 21.3 Å². The maximum Gasteiger partial charge on any atom is 0.143 e. The molecule has 0 amide bonds. The van der Waals surface area contributed by atoms with Gasteiger partial charge in [-0.25, -0.2) is 4.39 Å². The Hall–Kier alpha value is -2.46. The van der Waals surface area contributed by atoms with E-state index in [0.717, 1.165) is 32.5 Å². The van der Waals surface area contributed by atoms with Gasteiger partial charge < -0.3 is 10.1 Å². The molecule has 0 unspecified atom stereocenters. The predicted molar refractivity (Wildman–Crippen MR) is 95.5 cm³/mol. The number of benzene rings is 3. The van der Waals surface area contributed by atoms with Gasteiger partial charge in [0.25, 0.3) is 0 Å². The summed E-state index contributed by atoms with van der Waals surface area (Å²) in [5.41, 5.74) is 2.59. The minimum Gasteiger partial charge on any atom is -0.455 e. The molecule has 0 aromatic heterocycles. The van der Waals surface area contributed by atoms with Crippen LogP contribution >= 0.6 is 11.8 Å². The second-order valence-corrected chi connectivity index (χ2v) is 6.77. The maximum absolute atomic E-state index is 13.6. The largest absolute Gasteiger partial charge is 0.455 e. The van der Waals surface area contributed by atoms with E-state index in [2.05, 4.69) is 17.4 Å². The lowest BCUT2D eigenvalue weighted by Gasteiger charge is -2.20. The zero-order valence-electron chi connectivity index (χ0n) is 13.2. The molecule has 120 valence electrons. The van der Waals surface area contributed by atoms with E-state index in [1.165, 1.54) is 6.07 Å². The maximum atomic E-state index is 13.6. The van der Waals surface area contributed by atoms with Crippen molar-refractivity contribution < 1.29 is 9.13 Å². The second kappa shape index (κ2) is 6.21. The smallest absolute Gasteiger partial charge is 0.143 e. The van der Waals surface area contributed by atoms with E-state index in [1.807, 2.05) is 36.4 Å². The number of ether oxygens (including phenoxy) is 1. The Morgan fingerprint density at radius 1 is 0.958 bits per heavy atom. The summed E-state index contributed by atoms with van der Waals surface area (Å²) in [6, 6.07) is 19.2. The zero-order valence-corrected chi connectivity index (χ0v) is 14.0. The number of hydrogen-bond acceptors (Lipinski definition) is 3. The van der Waals surface area contributed by atoms with E-state index in [9.17, 15) is 4.39 Å². The summed E-state index contributed by atoms with van der Waals surface area (Å²) in [5, 5.41) is 3.35. The summed E-state index contributed by atoms with van der Waals surface area (Å²) < 4.78 is 19.6. The van der Waals surface area contributed by atoms with Crippen LogP contribution in [0, 0.1) is 12.7 Å². The standard InChI is InChI=1S/C20H16FNOS/c1-13-14(5-4-6-16(13)21)12-22-15-9-10-20-18(11-15)23-17-7-2-3-8-19(17)24-20/h2-11,22H,12H2,1H3. The normalized spacial score (nSPS) is 12.1. The quantitative estimate of drug-likeness (QED) is 0.495. The number of hydrogen-bond donors (Lipinski definition) is 1. The fourth-order valence-electron chi connectivity index (χ4n) is 2.68. The molecule has 0 atom stereocenters. The molecule has 0 saturated carbocycles. The van der Waals surface area contributed by atoms with E-state index < -0.39 is 0 Å². The molecule has 0 fully saturated rings. The number of nitrogens with one attached hydrogen (secondary N) is 1. The Labute approximate surface area is 144 Å². The number of anilines is 1. The SMILES string of the molecule is Cc1c(F)cccc1CNc1ccc2c(c1)Oc1ccccc1S2. The zero-order chi connectivity index (χ0) is 16.5. The van der Waals surface area contributed by atoms with Gasteiger partial charge in [-0.3, -0.25) is 0 Å². The highest BCUT2D eigenvalue weighted by Crippen LogP contribution is 2.47. The number of rotatable bonds is 3. The van der Waals surface area contributed by atoms with Gasteiger partial charge in [-0.05, 0) is 48.4 Å². The van der Waals surface area contributed by atoms with Crippen LogP contribution in [0.25, 0.3) is 0 Å². The minimum absolute atomic E-state index is 0.170. The van der Waals surface area contributed by atoms with Crippen molar-refractivity contribution >= 4 is 17.4 Å². The van der Waals surface area contributed by atoms with Gasteiger partial charge in [-0.2, -0.15) is 0 Å². The number of fused-ring (bicyclic) bond motifs is 2. The van der Waals surface area contributed by atoms with Gasteiger partial charge >= 0.3 is 0 Å². The first-order valence-electron chi connectivity index (χ1n) is 7.77. The van der Waals surface area contributed by atoms with Crippen molar-refractivity contribution in [3.63, 3.8) is 0 Å². The molecule has 0 saturated heterocycles. The molecule has 4 rings (SSSR count). The molecule has 3 aromatic carbocycles. The van der Waals surface area contributed by atoms with Crippen molar-refractivity contribution in [2.75, 3.05) is 5.32 Å². The molecule has 1 aliphatic heterocycles. The molecule has 4 heteroatoms. The van der Waals surface area contributed by atoms with Gasteiger partial charge in [0.2, 0.25) is 0 Å². The number of halogens is 1. The van der Waals surface area contributed by atoms with Crippen LogP contribution in [0.4, 0.5) is 10.1 Å². The highest BCUT2D eigenvalue weighted by atomic mass is 32.2. The van der Waals surface area contributed by atoms with Crippen LogP contribution < -0.4 is 10.1 Å². The summed E-state index contributed by atoms with van der Waals surface area (Å²) in [5.74, 6) is 1.56. The molecule has 0 radical (unpaired) electrons. The Morgan fingerprint density at radius 3 is 2.71 bits per heavy atom. The molecule has 0 aliphatic carbocycles. The lowest BCUT2D eigenvalue weighted by molar-refractivity contribution is 0.455. The van der Waals surface area contributed by atoms with Crippen molar-refractivity contribution in [2.45, 2.75) is 23.3 Å². The summed E-state index contributed by atoms with van der Waals surface area (Å²) in [6.45, 7) is 2.38. The van der Waals surface area contributed by atoms with Crippen LogP contribution in [0.2, 0.25) is 0 Å². The van der Waals surface area contributed by atoms with Crippen molar-refractivity contribution in [3.05, 3.63) is 77.6 Å². The lowest BCUT2D eigenvalue weighted by Crippen LogP contribution is -2.03. The summed E-state index contributed by atoms with van der Waals surface area (Å²) >= 11 is 1.71. The van der Waals surface area contributed by atoms with Crippen LogP contribution in [0.5, 0.6) is 11.5 Å².